The standard InChI is InChI=1S/C14H21N3O3/c1-4-17(12-7-20-6-10(12)14(18)19)13-5-11(9(2)3)15-8-16-13/h5,8-10,12H,4,6-7H2,1-3H3,(H,18,19). The van der Waals surface area contributed by atoms with Crippen LogP contribution in [0.3, 0.4) is 0 Å². The molecular formula is C14H21N3O3. The lowest BCUT2D eigenvalue weighted by Gasteiger charge is -2.30. The van der Waals surface area contributed by atoms with Gasteiger partial charge in [-0.25, -0.2) is 9.97 Å². The minimum atomic E-state index is -0.816. The largest absolute Gasteiger partial charge is 0.481 e. The van der Waals surface area contributed by atoms with Crippen LogP contribution in [-0.2, 0) is 9.53 Å². The number of anilines is 1. The van der Waals surface area contributed by atoms with E-state index in [0.29, 0.717) is 19.1 Å². The maximum atomic E-state index is 11.3. The highest BCUT2D eigenvalue weighted by Gasteiger charge is 2.38. The number of nitrogens with zero attached hydrogens (tertiary/aromatic N) is 3. The summed E-state index contributed by atoms with van der Waals surface area (Å²) in [5, 5.41) is 9.28. The van der Waals surface area contributed by atoms with E-state index in [1.54, 1.807) is 6.33 Å². The number of rotatable bonds is 5. The molecule has 0 amide bonds. The van der Waals surface area contributed by atoms with Crippen molar-refractivity contribution >= 4 is 11.8 Å². The summed E-state index contributed by atoms with van der Waals surface area (Å²) in [5.74, 6) is -0.241. The first-order valence-corrected chi connectivity index (χ1v) is 6.93. The van der Waals surface area contributed by atoms with Crippen LogP contribution < -0.4 is 4.90 Å². The SMILES string of the molecule is CCN(c1cc(C(C)C)ncn1)C1COCC1C(=O)O. The molecule has 1 saturated heterocycles. The van der Waals surface area contributed by atoms with Crippen molar-refractivity contribution in [3.8, 4) is 0 Å². The number of ether oxygens (including phenoxy) is 1. The summed E-state index contributed by atoms with van der Waals surface area (Å²) in [7, 11) is 0. The summed E-state index contributed by atoms with van der Waals surface area (Å²) >= 11 is 0. The Labute approximate surface area is 118 Å². The molecule has 1 N–H and O–H groups in total. The van der Waals surface area contributed by atoms with Crippen molar-refractivity contribution in [3.63, 3.8) is 0 Å². The highest BCUT2D eigenvalue weighted by Crippen LogP contribution is 2.25. The molecule has 1 aliphatic heterocycles. The molecule has 6 heteroatoms. The third-order valence-corrected chi connectivity index (χ3v) is 3.67. The monoisotopic (exact) mass is 279 g/mol. The second-order valence-electron chi connectivity index (χ2n) is 5.29. The number of carboxylic acids is 1. The maximum absolute atomic E-state index is 11.3. The molecule has 20 heavy (non-hydrogen) atoms. The van der Waals surface area contributed by atoms with Crippen LogP contribution in [0.2, 0.25) is 0 Å². The van der Waals surface area contributed by atoms with E-state index in [1.807, 2.05) is 17.9 Å². The van der Waals surface area contributed by atoms with E-state index < -0.39 is 11.9 Å². The summed E-state index contributed by atoms with van der Waals surface area (Å²) in [5.41, 5.74) is 0.958. The second kappa shape index (κ2) is 6.17. The van der Waals surface area contributed by atoms with Gasteiger partial charge in [0.1, 0.15) is 18.1 Å². The molecule has 1 aromatic heterocycles. The van der Waals surface area contributed by atoms with Gasteiger partial charge in [0.05, 0.1) is 19.3 Å². The Morgan fingerprint density at radius 3 is 2.85 bits per heavy atom. The molecule has 0 aliphatic carbocycles. The molecule has 1 fully saturated rings. The van der Waals surface area contributed by atoms with Crippen LogP contribution in [0.1, 0.15) is 32.4 Å². The van der Waals surface area contributed by atoms with Gasteiger partial charge in [-0.2, -0.15) is 0 Å². The number of carbonyl (C=O) groups is 1. The van der Waals surface area contributed by atoms with E-state index in [1.165, 1.54) is 0 Å². The van der Waals surface area contributed by atoms with Crippen LogP contribution in [0.4, 0.5) is 5.82 Å². The third kappa shape index (κ3) is 2.90. The highest BCUT2D eigenvalue weighted by molar-refractivity contribution is 5.72. The number of hydrogen-bond acceptors (Lipinski definition) is 5. The minimum Gasteiger partial charge on any atom is -0.481 e. The molecule has 2 atom stereocenters. The van der Waals surface area contributed by atoms with Gasteiger partial charge in [-0.15, -0.1) is 0 Å². The molecule has 0 bridgehead atoms. The average Bonchev–Trinajstić information content (AvgIpc) is 2.89. The zero-order chi connectivity index (χ0) is 14.7. The van der Waals surface area contributed by atoms with Gasteiger partial charge in [-0.3, -0.25) is 4.79 Å². The fourth-order valence-electron chi connectivity index (χ4n) is 2.49. The molecule has 110 valence electrons. The first kappa shape index (κ1) is 14.7. The van der Waals surface area contributed by atoms with E-state index in [9.17, 15) is 9.90 Å². The lowest BCUT2D eigenvalue weighted by Crippen LogP contribution is -2.43. The van der Waals surface area contributed by atoms with E-state index >= 15 is 0 Å². The topological polar surface area (TPSA) is 75.5 Å². The van der Waals surface area contributed by atoms with Crippen LogP contribution in [-0.4, -0.2) is 46.8 Å². The predicted octanol–water partition coefficient (Wildman–Crippen LogP) is 1.53. The van der Waals surface area contributed by atoms with E-state index in [2.05, 4.69) is 23.8 Å². The molecule has 6 nitrogen and oxygen atoms in total. The molecule has 0 radical (unpaired) electrons. The van der Waals surface area contributed by atoms with Crippen molar-refractivity contribution in [3.05, 3.63) is 18.1 Å². The summed E-state index contributed by atoms with van der Waals surface area (Å²) in [6, 6.07) is 1.76. The Bertz CT molecular complexity index is 478. The molecule has 2 rings (SSSR count). The Balaban J connectivity index is 2.27. The van der Waals surface area contributed by atoms with Gasteiger partial charge in [-0.05, 0) is 12.8 Å². The van der Waals surface area contributed by atoms with E-state index in [4.69, 9.17) is 4.74 Å². The highest BCUT2D eigenvalue weighted by atomic mass is 16.5. The Kier molecular flexibility index (Phi) is 4.54. The minimum absolute atomic E-state index is 0.174. The van der Waals surface area contributed by atoms with Crippen LogP contribution in [0.25, 0.3) is 0 Å². The summed E-state index contributed by atoms with van der Waals surface area (Å²) in [6.45, 7) is 7.51. The van der Waals surface area contributed by atoms with Crippen molar-refractivity contribution in [2.24, 2.45) is 5.92 Å². The molecule has 0 spiro atoms. The molecule has 0 saturated carbocycles. The molecular weight excluding hydrogens is 258 g/mol. The van der Waals surface area contributed by atoms with Crippen LogP contribution in [0.15, 0.2) is 12.4 Å². The first-order chi connectivity index (χ1) is 9.54. The van der Waals surface area contributed by atoms with Crippen LogP contribution in [0.5, 0.6) is 0 Å². The zero-order valence-electron chi connectivity index (χ0n) is 12.1. The third-order valence-electron chi connectivity index (χ3n) is 3.67. The number of aromatic nitrogens is 2. The molecule has 2 heterocycles. The predicted molar refractivity (Wildman–Crippen MR) is 74.9 cm³/mol. The molecule has 2 unspecified atom stereocenters. The van der Waals surface area contributed by atoms with Gasteiger partial charge < -0.3 is 14.7 Å². The summed E-state index contributed by atoms with van der Waals surface area (Å²) < 4.78 is 5.35. The van der Waals surface area contributed by atoms with Gasteiger partial charge in [0.25, 0.3) is 0 Å². The lowest BCUT2D eigenvalue weighted by molar-refractivity contribution is -0.141. The van der Waals surface area contributed by atoms with Crippen molar-refractivity contribution in [1.29, 1.82) is 0 Å². The Morgan fingerprint density at radius 1 is 1.50 bits per heavy atom. The van der Waals surface area contributed by atoms with E-state index in [-0.39, 0.29) is 12.6 Å². The van der Waals surface area contributed by atoms with Crippen molar-refractivity contribution in [2.45, 2.75) is 32.7 Å². The fraction of sp³-hybridized carbons (Fsp3) is 0.643. The molecule has 1 aromatic rings. The van der Waals surface area contributed by atoms with Gasteiger partial charge in [0, 0.05) is 18.3 Å². The second-order valence-corrected chi connectivity index (χ2v) is 5.29. The Morgan fingerprint density at radius 2 is 2.25 bits per heavy atom. The first-order valence-electron chi connectivity index (χ1n) is 6.93. The van der Waals surface area contributed by atoms with Gasteiger partial charge in [-0.1, -0.05) is 13.8 Å². The summed E-state index contributed by atoms with van der Waals surface area (Å²) in [4.78, 5) is 21.8. The normalized spacial score (nSPS) is 22.2. The van der Waals surface area contributed by atoms with Crippen LogP contribution in [0, 0.1) is 5.92 Å². The van der Waals surface area contributed by atoms with E-state index in [0.717, 1.165) is 11.5 Å². The van der Waals surface area contributed by atoms with Crippen molar-refractivity contribution in [2.75, 3.05) is 24.7 Å². The van der Waals surface area contributed by atoms with Gasteiger partial charge in [0.15, 0.2) is 0 Å². The number of hydrogen-bond donors (Lipinski definition) is 1. The Hall–Kier alpha value is -1.69. The van der Waals surface area contributed by atoms with Crippen molar-refractivity contribution < 1.29 is 14.6 Å². The molecule has 1 aliphatic rings. The quantitative estimate of drug-likeness (QED) is 0.881. The maximum Gasteiger partial charge on any atom is 0.311 e. The number of likely N-dealkylation sites (N-methyl/N-ethyl adjacent to an activating group) is 1. The van der Waals surface area contributed by atoms with Crippen molar-refractivity contribution in [1.82, 2.24) is 9.97 Å². The molecule has 0 aromatic carbocycles. The average molecular weight is 279 g/mol. The fourth-order valence-corrected chi connectivity index (χ4v) is 2.49. The summed E-state index contributed by atoms with van der Waals surface area (Å²) in [6.07, 6.45) is 1.54. The number of aliphatic carboxylic acids is 1. The van der Waals surface area contributed by atoms with Crippen LogP contribution >= 0.6 is 0 Å². The zero-order valence-corrected chi connectivity index (χ0v) is 12.1. The number of carboxylic acid groups (broad SMARTS) is 1. The smallest absolute Gasteiger partial charge is 0.311 e. The van der Waals surface area contributed by atoms with Gasteiger partial charge in [0.2, 0.25) is 0 Å². The van der Waals surface area contributed by atoms with Gasteiger partial charge >= 0.3 is 5.97 Å². The lowest BCUT2D eigenvalue weighted by atomic mass is 10.0.